The molecule has 1 aliphatic rings. The zero-order valence-corrected chi connectivity index (χ0v) is 17.2. The van der Waals surface area contributed by atoms with Crippen LogP contribution < -0.4 is 13.8 Å². The number of benzene rings is 2. The zero-order chi connectivity index (χ0) is 21.0. The number of Topliss-reactive ketones (excluding diaryl/α,β-unsaturated/α-hetero) is 1. The zero-order valence-electron chi connectivity index (χ0n) is 16.4. The van der Waals surface area contributed by atoms with Gasteiger partial charge in [0, 0.05) is 12.3 Å². The van der Waals surface area contributed by atoms with E-state index in [1.807, 2.05) is 48.9 Å². The van der Waals surface area contributed by atoms with Crippen LogP contribution in [0.3, 0.4) is 0 Å². The molecule has 1 aliphatic heterocycles. The van der Waals surface area contributed by atoms with Gasteiger partial charge in [0.2, 0.25) is 0 Å². The standard InChI is InChI=1S/C21H24N2O5S.K.H/c1-3-19(24)15(2)11-17-9-10-18(23-13-21(25)22-29(23,26)27)20(12-17)28-14-16-7-5-4-6-8-16;;/h4-10,12,15H,3,11,13-14H2,1-2H3,(H,22,25);;. The van der Waals surface area contributed by atoms with E-state index >= 15 is 0 Å². The van der Waals surface area contributed by atoms with E-state index < -0.39 is 16.1 Å². The molecule has 1 amide bonds. The summed E-state index contributed by atoms with van der Waals surface area (Å²) >= 11 is 0. The number of carbonyl (C=O) groups is 2. The fourth-order valence-corrected chi connectivity index (χ4v) is 4.38. The summed E-state index contributed by atoms with van der Waals surface area (Å²) in [5, 5.41) is 0. The Labute approximate surface area is 219 Å². The molecule has 0 spiro atoms. The van der Waals surface area contributed by atoms with Crippen molar-refractivity contribution in [3.8, 4) is 5.75 Å². The molecule has 7 nitrogen and oxygen atoms in total. The Morgan fingerprint density at radius 1 is 1.17 bits per heavy atom. The molecule has 2 aromatic carbocycles. The Bertz CT molecular complexity index is 1010. The Morgan fingerprint density at radius 3 is 2.47 bits per heavy atom. The summed E-state index contributed by atoms with van der Waals surface area (Å²) in [6.45, 7) is 3.65. The van der Waals surface area contributed by atoms with Gasteiger partial charge in [0.1, 0.15) is 24.7 Å². The molecule has 0 saturated carbocycles. The molecule has 1 unspecified atom stereocenters. The van der Waals surface area contributed by atoms with Gasteiger partial charge in [-0.15, -0.1) is 0 Å². The first kappa shape index (κ1) is 25.0. The predicted octanol–water partition coefficient (Wildman–Crippen LogP) is 1.96. The van der Waals surface area contributed by atoms with Crippen LogP contribution in [0.2, 0.25) is 0 Å². The van der Waals surface area contributed by atoms with Crippen molar-refractivity contribution >= 4 is 79.0 Å². The first-order chi connectivity index (χ1) is 13.8. The minimum atomic E-state index is -3.95. The molecule has 30 heavy (non-hydrogen) atoms. The van der Waals surface area contributed by atoms with Gasteiger partial charge in [-0.3, -0.25) is 9.59 Å². The fraction of sp³-hybridized carbons (Fsp3) is 0.333. The van der Waals surface area contributed by atoms with Gasteiger partial charge in [-0.05, 0) is 29.7 Å². The fourth-order valence-electron chi connectivity index (χ4n) is 3.22. The van der Waals surface area contributed by atoms with Crippen LogP contribution in [0.5, 0.6) is 5.75 Å². The third-order valence-corrected chi connectivity index (χ3v) is 6.18. The number of hydrogen-bond acceptors (Lipinski definition) is 5. The Hall–Kier alpha value is -1.23. The SMILES string of the molecule is CCC(=O)C(C)Cc1ccc(N2CC(=O)NS2(=O)=O)c(OCc2ccccc2)c1.[KH]. The molecule has 1 saturated heterocycles. The van der Waals surface area contributed by atoms with Crippen LogP contribution in [0.15, 0.2) is 48.5 Å². The van der Waals surface area contributed by atoms with Crippen LogP contribution in [0.1, 0.15) is 31.4 Å². The Balaban J connectivity index is 0.00000320. The second kappa shape index (κ2) is 10.9. The number of anilines is 1. The van der Waals surface area contributed by atoms with Crippen LogP contribution in [0.4, 0.5) is 5.69 Å². The summed E-state index contributed by atoms with van der Waals surface area (Å²) in [4.78, 5) is 23.6. The molecule has 0 radical (unpaired) electrons. The molecular weight excluding hydrogens is 431 g/mol. The number of ketones is 1. The number of hydrogen-bond donors (Lipinski definition) is 1. The maximum absolute atomic E-state index is 12.3. The van der Waals surface area contributed by atoms with Gasteiger partial charge in [-0.2, -0.15) is 8.42 Å². The van der Waals surface area contributed by atoms with E-state index in [2.05, 4.69) is 0 Å². The Kier molecular flexibility index (Phi) is 9.07. The molecule has 1 fully saturated rings. The van der Waals surface area contributed by atoms with E-state index in [1.165, 1.54) is 0 Å². The van der Waals surface area contributed by atoms with Gasteiger partial charge in [0.15, 0.2) is 0 Å². The van der Waals surface area contributed by atoms with Gasteiger partial charge in [-0.25, -0.2) is 9.03 Å². The quantitative estimate of drug-likeness (QED) is 0.613. The van der Waals surface area contributed by atoms with Crippen molar-refractivity contribution in [3.05, 3.63) is 59.7 Å². The van der Waals surface area contributed by atoms with Crippen LogP contribution >= 0.6 is 0 Å². The van der Waals surface area contributed by atoms with Gasteiger partial charge in [0.05, 0.1) is 5.69 Å². The summed E-state index contributed by atoms with van der Waals surface area (Å²) in [5.74, 6) is -0.225. The van der Waals surface area contributed by atoms with Crippen molar-refractivity contribution in [1.29, 1.82) is 0 Å². The number of nitrogens with one attached hydrogen (secondary N) is 1. The summed E-state index contributed by atoms with van der Waals surface area (Å²) in [6.07, 6.45) is 0.995. The first-order valence-corrected chi connectivity index (χ1v) is 10.9. The number of nitrogens with zero attached hydrogens (tertiary/aromatic N) is 1. The molecule has 9 heteroatoms. The van der Waals surface area contributed by atoms with Crippen LogP contribution in [-0.2, 0) is 32.8 Å². The normalized spacial score (nSPS) is 15.8. The third-order valence-electron chi connectivity index (χ3n) is 4.79. The summed E-state index contributed by atoms with van der Waals surface area (Å²) in [6, 6.07) is 14.6. The van der Waals surface area contributed by atoms with E-state index in [0.29, 0.717) is 18.6 Å². The van der Waals surface area contributed by atoms with Crippen molar-refractivity contribution in [2.75, 3.05) is 10.8 Å². The van der Waals surface area contributed by atoms with E-state index in [4.69, 9.17) is 4.74 Å². The second-order valence-corrected chi connectivity index (χ2v) is 8.63. The first-order valence-electron chi connectivity index (χ1n) is 9.46. The average Bonchev–Trinajstić information content (AvgIpc) is 2.98. The van der Waals surface area contributed by atoms with Crippen LogP contribution in [-0.4, -0.2) is 78.0 Å². The molecule has 1 atom stereocenters. The Morgan fingerprint density at radius 2 is 1.87 bits per heavy atom. The molecule has 3 rings (SSSR count). The van der Waals surface area contributed by atoms with Crippen molar-refractivity contribution < 1.29 is 22.7 Å². The number of amides is 1. The topological polar surface area (TPSA) is 92.8 Å². The predicted molar refractivity (Wildman–Crippen MR) is 117 cm³/mol. The van der Waals surface area contributed by atoms with Crippen molar-refractivity contribution in [2.45, 2.75) is 33.3 Å². The third kappa shape index (κ3) is 6.15. The van der Waals surface area contributed by atoms with Crippen molar-refractivity contribution in [3.63, 3.8) is 0 Å². The molecule has 0 aliphatic carbocycles. The van der Waals surface area contributed by atoms with Crippen molar-refractivity contribution in [2.24, 2.45) is 5.92 Å². The summed E-state index contributed by atoms with van der Waals surface area (Å²) in [7, 11) is -3.95. The van der Waals surface area contributed by atoms with E-state index in [1.54, 1.807) is 18.2 Å². The van der Waals surface area contributed by atoms with Gasteiger partial charge in [0.25, 0.3) is 5.91 Å². The second-order valence-electron chi connectivity index (χ2n) is 7.04. The molecule has 0 bridgehead atoms. The number of ether oxygens (including phenoxy) is 1. The van der Waals surface area contributed by atoms with Gasteiger partial charge in [-0.1, -0.05) is 50.2 Å². The van der Waals surface area contributed by atoms with Crippen LogP contribution in [0.25, 0.3) is 0 Å². The number of carbonyl (C=O) groups excluding carboxylic acids is 2. The molecule has 0 aromatic heterocycles. The van der Waals surface area contributed by atoms with E-state index in [9.17, 15) is 18.0 Å². The monoisotopic (exact) mass is 456 g/mol. The summed E-state index contributed by atoms with van der Waals surface area (Å²) in [5.41, 5.74) is 2.08. The number of rotatable bonds is 8. The van der Waals surface area contributed by atoms with E-state index in [-0.39, 0.29) is 81.9 Å². The molecule has 156 valence electrons. The van der Waals surface area contributed by atoms with Gasteiger partial charge >= 0.3 is 61.6 Å². The molecule has 2 aromatic rings. The van der Waals surface area contributed by atoms with E-state index in [0.717, 1.165) is 15.4 Å². The minimum absolute atomic E-state index is 0. The van der Waals surface area contributed by atoms with Crippen molar-refractivity contribution in [1.82, 2.24) is 4.72 Å². The average molecular weight is 457 g/mol. The molecular formula is C21H25KN2O5S. The molecule has 1 heterocycles. The van der Waals surface area contributed by atoms with Gasteiger partial charge < -0.3 is 4.74 Å². The maximum atomic E-state index is 12.3. The molecule has 1 N–H and O–H groups in total. The van der Waals surface area contributed by atoms with Crippen LogP contribution in [0, 0.1) is 5.92 Å². The summed E-state index contributed by atoms with van der Waals surface area (Å²) < 4.78 is 33.5.